The third kappa shape index (κ3) is 3.97. The van der Waals surface area contributed by atoms with Crippen LogP contribution in [0.3, 0.4) is 0 Å². The van der Waals surface area contributed by atoms with Crippen LogP contribution in [0, 0.1) is 0 Å². The largest absolute Gasteiger partial charge is 0.350 e. The highest BCUT2D eigenvalue weighted by atomic mass is 32.2. The summed E-state index contributed by atoms with van der Waals surface area (Å²) < 4.78 is 24.1. The smallest absolute Gasteiger partial charge is 0.177 e. The van der Waals surface area contributed by atoms with E-state index in [0.717, 1.165) is 37.6 Å². The highest BCUT2D eigenvalue weighted by molar-refractivity contribution is 7.90. The van der Waals surface area contributed by atoms with Crippen LogP contribution in [0.25, 0.3) is 5.65 Å². The number of aromatic nitrogens is 4. The highest BCUT2D eigenvalue weighted by Crippen LogP contribution is 2.18. The molecule has 0 spiro atoms. The molecule has 0 unspecified atom stereocenters. The number of fused-ring (bicyclic) bond motifs is 1. The van der Waals surface area contributed by atoms with Crippen molar-refractivity contribution in [2.24, 2.45) is 0 Å². The van der Waals surface area contributed by atoms with Gasteiger partial charge in [0.15, 0.2) is 5.65 Å². The summed E-state index contributed by atoms with van der Waals surface area (Å²) in [5.74, 6) is 1.17. The zero-order valence-corrected chi connectivity index (χ0v) is 14.3. The fraction of sp³-hybridized carbons (Fsp3) is 0.643. The monoisotopic (exact) mass is 338 g/mol. The van der Waals surface area contributed by atoms with Gasteiger partial charge in [-0.15, -0.1) is 15.3 Å². The van der Waals surface area contributed by atoms with Gasteiger partial charge >= 0.3 is 0 Å². The zero-order valence-electron chi connectivity index (χ0n) is 13.5. The number of piperazine rings is 1. The average Bonchev–Trinajstić information content (AvgIpc) is 2.93. The lowest BCUT2D eigenvalue weighted by molar-refractivity contribution is 0.228. The van der Waals surface area contributed by atoms with E-state index in [2.05, 4.69) is 32.0 Å². The van der Waals surface area contributed by atoms with Crippen molar-refractivity contribution in [1.29, 1.82) is 0 Å². The molecular weight excluding hydrogens is 316 g/mol. The van der Waals surface area contributed by atoms with Crippen molar-refractivity contribution in [2.75, 3.05) is 43.1 Å². The molecule has 1 aliphatic rings. The number of sulfone groups is 1. The molecule has 2 aromatic rings. The second-order valence-electron chi connectivity index (χ2n) is 6.15. The van der Waals surface area contributed by atoms with Gasteiger partial charge in [-0.2, -0.15) is 4.52 Å². The molecule has 3 rings (SSSR count). The lowest BCUT2D eigenvalue weighted by Crippen LogP contribution is -2.52. The van der Waals surface area contributed by atoms with E-state index < -0.39 is 9.84 Å². The second-order valence-corrected chi connectivity index (χ2v) is 8.41. The van der Waals surface area contributed by atoms with E-state index in [4.69, 9.17) is 0 Å². The Balaban J connectivity index is 1.60. The summed E-state index contributed by atoms with van der Waals surface area (Å²) in [7, 11) is -2.87. The maximum Gasteiger partial charge on any atom is 0.177 e. The summed E-state index contributed by atoms with van der Waals surface area (Å²) >= 11 is 0. The molecule has 0 N–H and O–H groups in total. The minimum atomic E-state index is -2.87. The first kappa shape index (κ1) is 16.1. The third-order valence-corrected chi connectivity index (χ3v) is 5.17. The maximum atomic E-state index is 11.2. The van der Waals surface area contributed by atoms with Crippen molar-refractivity contribution >= 4 is 21.3 Å². The maximum absolute atomic E-state index is 11.2. The van der Waals surface area contributed by atoms with Gasteiger partial charge in [-0.3, -0.25) is 4.90 Å². The van der Waals surface area contributed by atoms with Crippen LogP contribution in [-0.2, 0) is 9.84 Å². The Morgan fingerprint density at radius 3 is 2.87 bits per heavy atom. The molecule has 23 heavy (non-hydrogen) atoms. The van der Waals surface area contributed by atoms with E-state index in [0.29, 0.717) is 12.5 Å². The third-order valence-electron chi connectivity index (χ3n) is 4.14. The fourth-order valence-corrected chi connectivity index (χ4v) is 3.65. The predicted molar refractivity (Wildman–Crippen MR) is 88.4 cm³/mol. The first-order valence-electron chi connectivity index (χ1n) is 7.76. The van der Waals surface area contributed by atoms with E-state index in [-0.39, 0.29) is 5.75 Å². The van der Waals surface area contributed by atoms with Crippen molar-refractivity contribution in [3.05, 3.63) is 18.5 Å². The Kier molecular flexibility index (Phi) is 4.49. The summed E-state index contributed by atoms with van der Waals surface area (Å²) in [4.78, 5) is 4.59. The van der Waals surface area contributed by atoms with E-state index in [1.165, 1.54) is 6.26 Å². The van der Waals surface area contributed by atoms with Gasteiger partial charge in [-0.25, -0.2) is 8.42 Å². The van der Waals surface area contributed by atoms with Crippen LogP contribution < -0.4 is 4.90 Å². The second kappa shape index (κ2) is 6.40. The molecule has 9 heteroatoms. The normalized spacial score (nSPS) is 20.3. The molecule has 0 aromatic carbocycles. The molecule has 1 atom stereocenters. The minimum absolute atomic E-state index is 0.257. The molecule has 1 fully saturated rings. The van der Waals surface area contributed by atoms with Crippen LogP contribution in [0.5, 0.6) is 0 Å². The van der Waals surface area contributed by atoms with E-state index >= 15 is 0 Å². The van der Waals surface area contributed by atoms with Crippen LogP contribution in [0.15, 0.2) is 18.5 Å². The predicted octanol–water partition coefficient (Wildman–Crippen LogP) is 0.0695. The van der Waals surface area contributed by atoms with Crippen LogP contribution >= 0.6 is 0 Å². The molecule has 0 aliphatic carbocycles. The number of anilines is 1. The van der Waals surface area contributed by atoms with Gasteiger partial charge in [0.1, 0.15) is 22.0 Å². The van der Waals surface area contributed by atoms with Crippen molar-refractivity contribution in [2.45, 2.75) is 19.4 Å². The van der Waals surface area contributed by atoms with Gasteiger partial charge in [0.05, 0.1) is 5.75 Å². The van der Waals surface area contributed by atoms with Gasteiger partial charge < -0.3 is 4.90 Å². The molecule has 2 aromatic heterocycles. The summed E-state index contributed by atoms with van der Waals surface area (Å²) in [6.07, 6.45) is 3.59. The van der Waals surface area contributed by atoms with Gasteiger partial charge in [-0.05, 0) is 32.0 Å². The van der Waals surface area contributed by atoms with Crippen LogP contribution in [0.4, 0.5) is 5.82 Å². The Labute approximate surface area is 136 Å². The van der Waals surface area contributed by atoms with Crippen molar-refractivity contribution in [1.82, 2.24) is 24.7 Å². The average molecular weight is 338 g/mol. The summed E-state index contributed by atoms with van der Waals surface area (Å²) in [6, 6.07) is 4.21. The molecule has 3 heterocycles. The molecule has 0 saturated carbocycles. The van der Waals surface area contributed by atoms with E-state index in [1.807, 2.05) is 12.1 Å². The van der Waals surface area contributed by atoms with Gasteiger partial charge in [0.2, 0.25) is 0 Å². The standard InChI is InChI=1S/C14H22N6O2S/c1-12-10-18(6-3-9-23(2,21)22)7-8-19(12)14-5-4-13-16-15-11-20(13)17-14/h4-5,11-12H,3,6-10H2,1-2H3/t12-/m1/s1. The molecule has 8 nitrogen and oxygen atoms in total. The fourth-order valence-electron chi connectivity index (χ4n) is 3.00. The number of rotatable bonds is 5. The first-order valence-corrected chi connectivity index (χ1v) is 9.82. The van der Waals surface area contributed by atoms with Gasteiger partial charge in [0.25, 0.3) is 0 Å². The van der Waals surface area contributed by atoms with Gasteiger partial charge in [0, 0.05) is 31.9 Å². The molecule has 0 bridgehead atoms. The zero-order chi connectivity index (χ0) is 16.4. The van der Waals surface area contributed by atoms with E-state index in [1.54, 1.807) is 10.8 Å². The Hall–Kier alpha value is -1.74. The number of nitrogens with zero attached hydrogens (tertiary/aromatic N) is 6. The Morgan fingerprint density at radius 2 is 2.13 bits per heavy atom. The van der Waals surface area contributed by atoms with Crippen molar-refractivity contribution in [3.8, 4) is 0 Å². The van der Waals surface area contributed by atoms with Crippen LogP contribution in [-0.4, -0.2) is 77.4 Å². The number of hydrogen-bond donors (Lipinski definition) is 0. The van der Waals surface area contributed by atoms with Crippen molar-refractivity contribution < 1.29 is 8.42 Å². The quantitative estimate of drug-likeness (QED) is 0.763. The summed E-state index contributed by atoms with van der Waals surface area (Å²) in [6.45, 7) is 5.69. The molecule has 1 aliphatic heterocycles. The summed E-state index contributed by atoms with van der Waals surface area (Å²) in [5.41, 5.74) is 0.737. The minimum Gasteiger partial charge on any atom is -0.350 e. The SMILES string of the molecule is C[C@@H]1CN(CCCS(C)(=O)=O)CCN1c1ccc2nncn2n1. The lowest BCUT2D eigenvalue weighted by Gasteiger charge is -2.40. The molecule has 126 valence electrons. The summed E-state index contributed by atoms with van der Waals surface area (Å²) in [5, 5.41) is 12.4. The molecular formula is C14H22N6O2S. The molecule has 1 saturated heterocycles. The molecule has 0 amide bonds. The lowest BCUT2D eigenvalue weighted by atomic mass is 10.2. The van der Waals surface area contributed by atoms with Crippen molar-refractivity contribution in [3.63, 3.8) is 0 Å². The molecule has 0 radical (unpaired) electrons. The van der Waals surface area contributed by atoms with Crippen LogP contribution in [0.1, 0.15) is 13.3 Å². The van der Waals surface area contributed by atoms with Gasteiger partial charge in [-0.1, -0.05) is 0 Å². The first-order chi connectivity index (χ1) is 10.9. The van der Waals surface area contributed by atoms with Crippen LogP contribution in [0.2, 0.25) is 0 Å². The Bertz CT molecular complexity index is 774. The van der Waals surface area contributed by atoms with E-state index in [9.17, 15) is 8.42 Å². The topological polar surface area (TPSA) is 83.7 Å². The number of hydrogen-bond acceptors (Lipinski definition) is 7. The Morgan fingerprint density at radius 1 is 1.30 bits per heavy atom. The highest BCUT2D eigenvalue weighted by Gasteiger charge is 2.25.